The lowest BCUT2D eigenvalue weighted by Crippen LogP contribution is -2.28. The van der Waals surface area contributed by atoms with Gasteiger partial charge in [-0.3, -0.25) is 19.9 Å². The normalized spacial score (nSPS) is 11.1. The quantitative estimate of drug-likeness (QED) is 0.172. The van der Waals surface area contributed by atoms with Gasteiger partial charge in [0.05, 0.1) is 72.4 Å². The first-order chi connectivity index (χ1) is 25.7. The summed E-state index contributed by atoms with van der Waals surface area (Å²) in [6, 6.07) is 37.4. The van der Waals surface area contributed by atoms with E-state index >= 15 is 0 Å². The van der Waals surface area contributed by atoms with Crippen LogP contribution >= 0.6 is 0 Å². The van der Waals surface area contributed by atoms with Gasteiger partial charge in [-0.15, -0.1) is 0 Å². The molecule has 0 saturated carbocycles. The largest absolute Gasteiger partial charge is 0.412 e. The molecule has 0 saturated heterocycles. The standard InChI is InChI=1S/C42H36N10.3H2O/c1-4-16-37-34(13-1)46-40(50(37)25-31-10-7-19-43-22-31)28-49(29-41-47-35-14-2-5-17-38(35)51(41)26-32-11-8-20-44-23-32)30-42-48-36-15-3-6-18-39(36)52(42)27-33-12-9-21-45-24-33;;;/h1-24H,25-30H2;3*1H2. The summed E-state index contributed by atoms with van der Waals surface area (Å²) < 4.78 is 6.95. The maximum absolute atomic E-state index is 5.23. The number of benzene rings is 3. The van der Waals surface area contributed by atoms with Crippen molar-refractivity contribution in [3.05, 3.63) is 181 Å². The van der Waals surface area contributed by atoms with E-state index in [4.69, 9.17) is 15.0 Å². The number of nitrogens with zero attached hydrogens (tertiary/aromatic N) is 10. The fourth-order valence-corrected chi connectivity index (χ4v) is 7.06. The zero-order valence-electron chi connectivity index (χ0n) is 30.1. The predicted octanol–water partition coefficient (Wildman–Crippen LogP) is 4.79. The molecule has 0 aliphatic heterocycles. The molecule has 9 aromatic rings. The number of pyridine rings is 3. The fourth-order valence-electron chi connectivity index (χ4n) is 7.06. The van der Waals surface area contributed by atoms with Crippen molar-refractivity contribution < 1.29 is 16.4 Å². The van der Waals surface area contributed by atoms with Crippen LogP contribution in [0.3, 0.4) is 0 Å². The Kier molecular flexibility index (Phi) is 11.8. The second-order valence-corrected chi connectivity index (χ2v) is 13.0. The third-order valence-electron chi connectivity index (χ3n) is 9.49. The topological polar surface area (TPSA) is 190 Å². The monoisotopic (exact) mass is 734 g/mol. The van der Waals surface area contributed by atoms with Gasteiger partial charge in [0.25, 0.3) is 0 Å². The van der Waals surface area contributed by atoms with Crippen LogP contribution in [0, 0.1) is 0 Å². The summed E-state index contributed by atoms with van der Waals surface area (Å²) in [6.45, 7) is 3.70. The fraction of sp³-hybridized carbons (Fsp3) is 0.143. The summed E-state index contributed by atoms with van der Waals surface area (Å²) in [4.78, 5) is 31.3. The van der Waals surface area contributed by atoms with Crippen LogP contribution in [0.1, 0.15) is 34.2 Å². The van der Waals surface area contributed by atoms with Gasteiger partial charge in [-0.05, 0) is 71.3 Å². The second-order valence-electron chi connectivity index (χ2n) is 13.0. The summed E-state index contributed by atoms with van der Waals surface area (Å²) in [7, 11) is 0. The number of hydrogen-bond acceptors (Lipinski definition) is 7. The van der Waals surface area contributed by atoms with E-state index < -0.39 is 0 Å². The van der Waals surface area contributed by atoms with Gasteiger partial charge in [-0.2, -0.15) is 0 Å². The molecule has 0 bridgehead atoms. The van der Waals surface area contributed by atoms with Crippen LogP contribution in [0.15, 0.2) is 146 Å². The van der Waals surface area contributed by atoms with Crippen LogP contribution in [0.4, 0.5) is 0 Å². The summed E-state index contributed by atoms with van der Waals surface area (Å²) in [5, 5.41) is 0. The van der Waals surface area contributed by atoms with Gasteiger partial charge in [-0.1, -0.05) is 54.6 Å². The molecular weight excluding hydrogens is 693 g/mol. The molecule has 278 valence electrons. The SMILES string of the molecule is O.O.O.c1cncc(Cn2c(CN(Cc3nc4ccccc4n3Cc3cccnc3)Cc3nc4ccccc4n3Cc3cccnc3)nc3ccccc32)c1. The van der Waals surface area contributed by atoms with Crippen LogP contribution in [-0.2, 0) is 39.3 Å². The number of aromatic nitrogens is 9. The van der Waals surface area contributed by atoms with E-state index in [0.29, 0.717) is 39.3 Å². The predicted molar refractivity (Wildman–Crippen MR) is 213 cm³/mol. The van der Waals surface area contributed by atoms with Crippen molar-refractivity contribution in [2.75, 3.05) is 0 Å². The van der Waals surface area contributed by atoms with Gasteiger partial charge >= 0.3 is 0 Å². The maximum Gasteiger partial charge on any atom is 0.124 e. The third-order valence-corrected chi connectivity index (χ3v) is 9.49. The molecule has 6 heterocycles. The summed E-state index contributed by atoms with van der Waals surface area (Å²) in [5.74, 6) is 2.90. The Morgan fingerprint density at radius 2 is 0.691 bits per heavy atom. The molecule has 0 atom stereocenters. The van der Waals surface area contributed by atoms with E-state index in [0.717, 1.165) is 67.3 Å². The Morgan fingerprint density at radius 1 is 0.382 bits per heavy atom. The van der Waals surface area contributed by atoms with E-state index in [1.807, 2.05) is 73.6 Å². The highest BCUT2D eigenvalue weighted by Gasteiger charge is 2.22. The second kappa shape index (κ2) is 17.0. The molecule has 0 spiro atoms. The van der Waals surface area contributed by atoms with Crippen molar-refractivity contribution in [2.45, 2.75) is 39.3 Å². The minimum atomic E-state index is 0. The summed E-state index contributed by atoms with van der Waals surface area (Å²) >= 11 is 0. The van der Waals surface area contributed by atoms with E-state index in [1.54, 1.807) is 0 Å². The highest BCUT2D eigenvalue weighted by Crippen LogP contribution is 2.25. The van der Waals surface area contributed by atoms with Crippen LogP contribution in [-0.4, -0.2) is 64.9 Å². The van der Waals surface area contributed by atoms with E-state index in [1.165, 1.54) is 0 Å². The molecule has 13 heteroatoms. The van der Waals surface area contributed by atoms with Crippen molar-refractivity contribution in [2.24, 2.45) is 0 Å². The van der Waals surface area contributed by atoms with Crippen molar-refractivity contribution in [3.63, 3.8) is 0 Å². The molecule has 6 aromatic heterocycles. The third kappa shape index (κ3) is 8.00. The Labute approximate surface area is 317 Å². The molecule has 0 aliphatic carbocycles. The van der Waals surface area contributed by atoms with Gasteiger partial charge < -0.3 is 30.1 Å². The molecule has 0 radical (unpaired) electrons. The van der Waals surface area contributed by atoms with E-state index in [2.05, 4.69) is 106 Å². The first kappa shape index (κ1) is 38.1. The highest BCUT2D eigenvalue weighted by molar-refractivity contribution is 5.77. The number of rotatable bonds is 12. The minimum Gasteiger partial charge on any atom is -0.412 e. The molecule has 0 aliphatic rings. The average Bonchev–Trinajstić information content (AvgIpc) is 3.83. The Balaban J connectivity index is 0.00000171. The zero-order valence-corrected chi connectivity index (χ0v) is 30.1. The molecule has 0 amide bonds. The van der Waals surface area contributed by atoms with E-state index in [9.17, 15) is 0 Å². The molecule has 0 unspecified atom stereocenters. The average molecular weight is 735 g/mol. The lowest BCUT2D eigenvalue weighted by atomic mass is 10.2. The molecular formula is C42H42N10O3. The Morgan fingerprint density at radius 3 is 0.982 bits per heavy atom. The maximum atomic E-state index is 5.23. The number of para-hydroxylation sites is 6. The van der Waals surface area contributed by atoms with Gasteiger partial charge in [0.1, 0.15) is 17.5 Å². The zero-order chi connectivity index (χ0) is 34.7. The number of fused-ring (bicyclic) bond motifs is 3. The van der Waals surface area contributed by atoms with Gasteiger partial charge in [0.2, 0.25) is 0 Å². The highest BCUT2D eigenvalue weighted by atomic mass is 16.0. The summed E-state index contributed by atoms with van der Waals surface area (Å²) in [6.07, 6.45) is 11.2. The Hall–Kier alpha value is -6.64. The van der Waals surface area contributed by atoms with Gasteiger partial charge in [-0.25, -0.2) is 15.0 Å². The molecule has 3 aromatic carbocycles. The molecule has 55 heavy (non-hydrogen) atoms. The van der Waals surface area contributed by atoms with Crippen LogP contribution < -0.4 is 0 Å². The van der Waals surface area contributed by atoms with Crippen LogP contribution in [0.2, 0.25) is 0 Å². The van der Waals surface area contributed by atoms with E-state index in [-0.39, 0.29) is 16.4 Å². The minimum absolute atomic E-state index is 0. The smallest absolute Gasteiger partial charge is 0.124 e. The van der Waals surface area contributed by atoms with Crippen molar-refractivity contribution in [3.8, 4) is 0 Å². The molecule has 13 nitrogen and oxygen atoms in total. The van der Waals surface area contributed by atoms with Crippen molar-refractivity contribution in [1.82, 2.24) is 48.5 Å². The first-order valence-corrected chi connectivity index (χ1v) is 17.5. The van der Waals surface area contributed by atoms with Crippen LogP contribution in [0.5, 0.6) is 0 Å². The van der Waals surface area contributed by atoms with Crippen molar-refractivity contribution in [1.29, 1.82) is 0 Å². The summed E-state index contributed by atoms with van der Waals surface area (Å²) in [5.41, 5.74) is 9.54. The van der Waals surface area contributed by atoms with Crippen molar-refractivity contribution >= 4 is 33.1 Å². The lowest BCUT2D eigenvalue weighted by molar-refractivity contribution is 0.222. The van der Waals surface area contributed by atoms with Gasteiger partial charge in [0, 0.05) is 37.2 Å². The Bertz CT molecular complexity index is 2320. The first-order valence-electron chi connectivity index (χ1n) is 17.5. The van der Waals surface area contributed by atoms with Crippen LogP contribution in [0.25, 0.3) is 33.1 Å². The molecule has 9 rings (SSSR count). The molecule has 6 N–H and O–H groups in total. The van der Waals surface area contributed by atoms with Gasteiger partial charge in [0.15, 0.2) is 0 Å². The number of imidazole rings is 3. The molecule has 0 fully saturated rings. The number of hydrogen-bond donors (Lipinski definition) is 0. The lowest BCUT2D eigenvalue weighted by Gasteiger charge is -2.23.